The van der Waals surface area contributed by atoms with E-state index in [-0.39, 0.29) is 6.61 Å². The molecule has 0 fully saturated rings. The molecule has 2 aromatic rings. The van der Waals surface area contributed by atoms with Gasteiger partial charge in [-0.3, -0.25) is 0 Å². The van der Waals surface area contributed by atoms with E-state index in [1.54, 1.807) is 6.07 Å². The number of aryl methyl sites for hydroxylation is 1. The third kappa shape index (κ3) is 3.93. The maximum absolute atomic E-state index is 9.12. The number of rotatable bonds is 6. The maximum atomic E-state index is 9.12. The number of hydrogen-bond donors (Lipinski definition) is 2. The molecule has 1 heterocycles. The van der Waals surface area contributed by atoms with Crippen LogP contribution >= 0.6 is 0 Å². The number of hydrogen-bond acceptors (Lipinski definition) is 5. The standard InChI is InChI=1S/C15H19N3O2/c1-3-20-15-8-14(17-11(2)18-15)16-9-12-5-4-6-13(7-12)10-19/h4-8,19H,3,9-10H2,1-2H3,(H,16,17,18). The normalized spacial score (nSPS) is 10.3. The predicted octanol–water partition coefficient (Wildman–Crippen LogP) is 2.29. The number of nitrogens with one attached hydrogen (secondary N) is 1. The van der Waals surface area contributed by atoms with Crippen LogP contribution in [0, 0.1) is 6.92 Å². The van der Waals surface area contributed by atoms with Gasteiger partial charge in [-0.05, 0) is 25.0 Å². The molecule has 5 nitrogen and oxygen atoms in total. The fourth-order valence-corrected chi connectivity index (χ4v) is 1.88. The van der Waals surface area contributed by atoms with E-state index >= 15 is 0 Å². The van der Waals surface area contributed by atoms with Crippen molar-refractivity contribution in [2.75, 3.05) is 11.9 Å². The monoisotopic (exact) mass is 273 g/mol. The van der Waals surface area contributed by atoms with Gasteiger partial charge in [-0.15, -0.1) is 0 Å². The smallest absolute Gasteiger partial charge is 0.218 e. The van der Waals surface area contributed by atoms with E-state index in [1.807, 2.05) is 38.1 Å². The lowest BCUT2D eigenvalue weighted by molar-refractivity contribution is 0.281. The zero-order valence-electron chi connectivity index (χ0n) is 11.8. The number of benzene rings is 1. The Balaban J connectivity index is 2.06. The average molecular weight is 273 g/mol. The van der Waals surface area contributed by atoms with Crippen molar-refractivity contribution in [2.45, 2.75) is 27.0 Å². The summed E-state index contributed by atoms with van der Waals surface area (Å²) in [6, 6.07) is 9.57. The molecule has 0 saturated carbocycles. The highest BCUT2D eigenvalue weighted by Gasteiger charge is 2.03. The molecule has 1 aromatic carbocycles. The van der Waals surface area contributed by atoms with Gasteiger partial charge < -0.3 is 15.2 Å². The van der Waals surface area contributed by atoms with Gasteiger partial charge in [0, 0.05) is 12.6 Å². The first kappa shape index (κ1) is 14.3. The van der Waals surface area contributed by atoms with Crippen molar-refractivity contribution in [1.29, 1.82) is 0 Å². The van der Waals surface area contributed by atoms with Crippen LogP contribution in [-0.2, 0) is 13.2 Å². The van der Waals surface area contributed by atoms with E-state index in [1.165, 1.54) is 0 Å². The minimum Gasteiger partial charge on any atom is -0.478 e. The average Bonchev–Trinajstić information content (AvgIpc) is 2.45. The highest BCUT2D eigenvalue weighted by atomic mass is 16.5. The van der Waals surface area contributed by atoms with Gasteiger partial charge in [0.15, 0.2) is 0 Å². The van der Waals surface area contributed by atoms with Crippen LogP contribution in [0.5, 0.6) is 5.88 Å². The lowest BCUT2D eigenvalue weighted by Crippen LogP contribution is -2.05. The van der Waals surface area contributed by atoms with Crippen molar-refractivity contribution in [3.8, 4) is 5.88 Å². The van der Waals surface area contributed by atoms with Gasteiger partial charge >= 0.3 is 0 Å². The van der Waals surface area contributed by atoms with Crippen LogP contribution in [0.25, 0.3) is 0 Å². The van der Waals surface area contributed by atoms with E-state index in [0.29, 0.717) is 24.9 Å². The zero-order valence-corrected chi connectivity index (χ0v) is 11.8. The second-order valence-electron chi connectivity index (χ2n) is 4.40. The highest BCUT2D eigenvalue weighted by Crippen LogP contribution is 2.14. The summed E-state index contributed by atoms with van der Waals surface area (Å²) in [5, 5.41) is 12.4. The molecule has 0 unspecified atom stereocenters. The van der Waals surface area contributed by atoms with Crippen molar-refractivity contribution in [1.82, 2.24) is 9.97 Å². The molecule has 2 N–H and O–H groups in total. The fraction of sp³-hybridized carbons (Fsp3) is 0.333. The molecule has 0 aliphatic rings. The van der Waals surface area contributed by atoms with Gasteiger partial charge in [-0.1, -0.05) is 24.3 Å². The first-order chi connectivity index (χ1) is 9.71. The Morgan fingerprint density at radius 3 is 2.75 bits per heavy atom. The Morgan fingerprint density at radius 1 is 1.20 bits per heavy atom. The molecule has 20 heavy (non-hydrogen) atoms. The molecule has 0 aliphatic heterocycles. The number of aliphatic hydroxyl groups is 1. The summed E-state index contributed by atoms with van der Waals surface area (Å²) in [6.07, 6.45) is 0. The van der Waals surface area contributed by atoms with E-state index in [4.69, 9.17) is 9.84 Å². The Kier molecular flexibility index (Phi) is 4.90. The molecule has 5 heteroatoms. The number of ether oxygens (including phenoxy) is 1. The third-order valence-electron chi connectivity index (χ3n) is 2.75. The van der Waals surface area contributed by atoms with Gasteiger partial charge in [0.05, 0.1) is 13.2 Å². The molecule has 0 spiro atoms. The summed E-state index contributed by atoms with van der Waals surface area (Å²) in [7, 11) is 0. The molecule has 0 saturated heterocycles. The predicted molar refractivity (Wildman–Crippen MR) is 77.6 cm³/mol. The van der Waals surface area contributed by atoms with Crippen molar-refractivity contribution in [3.05, 3.63) is 47.3 Å². The zero-order chi connectivity index (χ0) is 14.4. The summed E-state index contributed by atoms with van der Waals surface area (Å²) in [5.41, 5.74) is 1.99. The molecule has 0 atom stereocenters. The minimum absolute atomic E-state index is 0.0505. The molecule has 0 aliphatic carbocycles. The van der Waals surface area contributed by atoms with Gasteiger partial charge in [-0.25, -0.2) is 4.98 Å². The Bertz CT molecular complexity index is 573. The van der Waals surface area contributed by atoms with Gasteiger partial charge in [0.25, 0.3) is 0 Å². The van der Waals surface area contributed by atoms with Crippen LogP contribution in [-0.4, -0.2) is 21.7 Å². The summed E-state index contributed by atoms with van der Waals surface area (Å²) >= 11 is 0. The van der Waals surface area contributed by atoms with Gasteiger partial charge in [0.2, 0.25) is 5.88 Å². The van der Waals surface area contributed by atoms with Crippen LogP contribution in [0.15, 0.2) is 30.3 Å². The van der Waals surface area contributed by atoms with Crippen molar-refractivity contribution in [3.63, 3.8) is 0 Å². The lowest BCUT2D eigenvalue weighted by Gasteiger charge is -2.09. The largest absolute Gasteiger partial charge is 0.478 e. The van der Waals surface area contributed by atoms with E-state index in [0.717, 1.165) is 16.9 Å². The summed E-state index contributed by atoms with van der Waals surface area (Å²) in [5.74, 6) is 1.98. The highest BCUT2D eigenvalue weighted by molar-refractivity contribution is 5.39. The summed E-state index contributed by atoms with van der Waals surface area (Å²) < 4.78 is 5.39. The van der Waals surface area contributed by atoms with E-state index < -0.39 is 0 Å². The van der Waals surface area contributed by atoms with Crippen LogP contribution in [0.4, 0.5) is 5.82 Å². The Labute approximate surface area is 118 Å². The van der Waals surface area contributed by atoms with Gasteiger partial charge in [0.1, 0.15) is 11.6 Å². The molecule has 0 amide bonds. The first-order valence-corrected chi connectivity index (χ1v) is 6.62. The summed E-state index contributed by atoms with van der Waals surface area (Å²) in [4.78, 5) is 8.52. The van der Waals surface area contributed by atoms with Crippen molar-refractivity contribution in [2.24, 2.45) is 0 Å². The van der Waals surface area contributed by atoms with Crippen molar-refractivity contribution < 1.29 is 9.84 Å². The fourth-order valence-electron chi connectivity index (χ4n) is 1.88. The molecule has 1 aromatic heterocycles. The Morgan fingerprint density at radius 2 is 2.00 bits per heavy atom. The molecule has 2 rings (SSSR count). The second kappa shape index (κ2) is 6.86. The number of aromatic nitrogens is 2. The Hall–Kier alpha value is -2.14. The van der Waals surface area contributed by atoms with Crippen LogP contribution in [0.2, 0.25) is 0 Å². The number of anilines is 1. The molecular weight excluding hydrogens is 254 g/mol. The molecular formula is C15H19N3O2. The number of nitrogens with zero attached hydrogens (tertiary/aromatic N) is 2. The lowest BCUT2D eigenvalue weighted by atomic mass is 10.1. The molecule has 0 radical (unpaired) electrons. The van der Waals surface area contributed by atoms with Crippen molar-refractivity contribution >= 4 is 5.82 Å². The quantitative estimate of drug-likeness (QED) is 0.845. The topological polar surface area (TPSA) is 67.3 Å². The second-order valence-corrected chi connectivity index (χ2v) is 4.40. The molecule has 106 valence electrons. The first-order valence-electron chi connectivity index (χ1n) is 6.62. The van der Waals surface area contributed by atoms with Crippen LogP contribution in [0.3, 0.4) is 0 Å². The van der Waals surface area contributed by atoms with Crippen LogP contribution in [0.1, 0.15) is 23.9 Å². The van der Waals surface area contributed by atoms with Gasteiger partial charge in [-0.2, -0.15) is 4.98 Å². The minimum atomic E-state index is 0.0505. The SMILES string of the molecule is CCOc1cc(NCc2cccc(CO)c2)nc(C)n1. The summed E-state index contributed by atoms with van der Waals surface area (Å²) in [6.45, 7) is 5.02. The van der Waals surface area contributed by atoms with Crippen LogP contribution < -0.4 is 10.1 Å². The number of aliphatic hydroxyl groups excluding tert-OH is 1. The van der Waals surface area contributed by atoms with E-state index in [9.17, 15) is 0 Å². The molecule has 0 bridgehead atoms. The van der Waals surface area contributed by atoms with E-state index in [2.05, 4.69) is 15.3 Å². The third-order valence-corrected chi connectivity index (χ3v) is 2.75. The maximum Gasteiger partial charge on any atom is 0.218 e.